The number of benzene rings is 2. The summed E-state index contributed by atoms with van der Waals surface area (Å²) < 4.78 is 26.6. The molecule has 1 aromatic heterocycles. The lowest BCUT2D eigenvalue weighted by molar-refractivity contribution is -0.115. The molecule has 1 N–H and O–H groups in total. The average molecular weight is 390 g/mol. The summed E-state index contributed by atoms with van der Waals surface area (Å²) >= 11 is 2.90. The van der Waals surface area contributed by atoms with Gasteiger partial charge in [-0.3, -0.25) is 4.79 Å². The largest absolute Gasteiger partial charge is 0.323 e. The van der Waals surface area contributed by atoms with Crippen molar-refractivity contribution in [2.75, 3.05) is 5.32 Å². The second-order valence-corrected chi connectivity index (χ2v) is 7.76. The summed E-state index contributed by atoms with van der Waals surface area (Å²) in [5, 5.41) is 4.97. The maximum atomic E-state index is 13.6. The summed E-state index contributed by atoms with van der Waals surface area (Å²) in [5.41, 5.74) is 1.89. The van der Waals surface area contributed by atoms with E-state index in [0.29, 0.717) is 5.75 Å². The number of rotatable bonds is 6. The van der Waals surface area contributed by atoms with E-state index < -0.39 is 5.82 Å². The van der Waals surface area contributed by atoms with Crippen molar-refractivity contribution in [2.24, 2.45) is 0 Å². The number of thioether (sulfide) groups is 1. The third-order valence-corrected chi connectivity index (χ3v) is 5.74. The van der Waals surface area contributed by atoms with Gasteiger partial charge in [-0.25, -0.2) is 13.8 Å². The van der Waals surface area contributed by atoms with Crippen molar-refractivity contribution in [1.82, 2.24) is 4.98 Å². The van der Waals surface area contributed by atoms with Crippen LogP contribution >= 0.6 is 23.1 Å². The Bertz CT molecular complexity index is 897. The van der Waals surface area contributed by atoms with Gasteiger partial charge in [0.1, 0.15) is 16.6 Å². The molecule has 0 aliphatic heterocycles. The molecule has 0 saturated carbocycles. The van der Waals surface area contributed by atoms with Crippen LogP contribution in [0.3, 0.4) is 0 Å². The molecule has 0 aliphatic rings. The first kappa shape index (κ1) is 18.5. The normalized spacial score (nSPS) is 12.0. The van der Waals surface area contributed by atoms with Crippen LogP contribution in [0.1, 0.15) is 12.6 Å². The van der Waals surface area contributed by atoms with Gasteiger partial charge >= 0.3 is 0 Å². The molecule has 1 atom stereocenters. The highest BCUT2D eigenvalue weighted by molar-refractivity contribution is 7.99. The van der Waals surface area contributed by atoms with Crippen LogP contribution in [0.5, 0.6) is 0 Å². The maximum absolute atomic E-state index is 13.6. The summed E-state index contributed by atoms with van der Waals surface area (Å²) in [5.74, 6) is -0.435. The summed E-state index contributed by atoms with van der Waals surface area (Å²) in [6.45, 7) is 1.77. The minimum absolute atomic E-state index is 0.178. The summed E-state index contributed by atoms with van der Waals surface area (Å²) in [4.78, 5) is 16.7. The Morgan fingerprint density at radius 2 is 1.92 bits per heavy atom. The van der Waals surface area contributed by atoms with Gasteiger partial charge in [-0.15, -0.1) is 23.1 Å². The first-order valence-electron chi connectivity index (χ1n) is 7.90. The molecule has 0 fully saturated rings. The monoisotopic (exact) mass is 390 g/mol. The Hall–Kier alpha value is -2.25. The molecule has 1 heterocycles. The Kier molecular flexibility index (Phi) is 6.00. The van der Waals surface area contributed by atoms with E-state index in [9.17, 15) is 13.6 Å². The van der Waals surface area contributed by atoms with Crippen LogP contribution in [-0.2, 0) is 10.5 Å². The van der Waals surface area contributed by atoms with Crippen molar-refractivity contribution < 1.29 is 13.6 Å². The van der Waals surface area contributed by atoms with Gasteiger partial charge in [0, 0.05) is 16.7 Å². The number of thiazole rings is 1. The second-order valence-electron chi connectivity index (χ2n) is 5.57. The number of nitrogens with zero attached hydrogens (tertiary/aromatic N) is 1. The van der Waals surface area contributed by atoms with E-state index in [4.69, 9.17) is 0 Å². The number of nitrogens with one attached hydrogen (secondary N) is 1. The van der Waals surface area contributed by atoms with E-state index in [0.717, 1.165) is 16.3 Å². The minimum atomic E-state index is -0.457. The molecule has 1 unspecified atom stereocenters. The van der Waals surface area contributed by atoms with Crippen molar-refractivity contribution in [3.8, 4) is 10.6 Å². The van der Waals surface area contributed by atoms with Gasteiger partial charge in [0.25, 0.3) is 0 Å². The number of amides is 1. The van der Waals surface area contributed by atoms with Crippen molar-refractivity contribution >= 4 is 34.7 Å². The van der Waals surface area contributed by atoms with E-state index >= 15 is 0 Å². The van der Waals surface area contributed by atoms with Gasteiger partial charge in [-0.2, -0.15) is 0 Å². The summed E-state index contributed by atoms with van der Waals surface area (Å²) in [6.07, 6.45) is 0. The fraction of sp³-hybridized carbons (Fsp3) is 0.158. The van der Waals surface area contributed by atoms with Crippen molar-refractivity contribution in [3.63, 3.8) is 0 Å². The topological polar surface area (TPSA) is 42.0 Å². The molecule has 3 aromatic rings. The van der Waals surface area contributed by atoms with Crippen LogP contribution in [0.4, 0.5) is 14.5 Å². The molecule has 1 amide bonds. The van der Waals surface area contributed by atoms with E-state index in [1.165, 1.54) is 47.4 Å². The molecular weight excluding hydrogens is 374 g/mol. The highest BCUT2D eigenvalue weighted by atomic mass is 32.2. The number of carbonyl (C=O) groups is 1. The Morgan fingerprint density at radius 3 is 2.65 bits per heavy atom. The molecule has 0 aliphatic carbocycles. The van der Waals surface area contributed by atoms with Crippen LogP contribution in [-0.4, -0.2) is 16.1 Å². The average Bonchev–Trinajstić information content (AvgIpc) is 3.11. The molecule has 0 spiro atoms. The molecule has 3 nitrogen and oxygen atoms in total. The van der Waals surface area contributed by atoms with Crippen molar-refractivity contribution in [2.45, 2.75) is 17.9 Å². The van der Waals surface area contributed by atoms with Gasteiger partial charge < -0.3 is 5.32 Å². The van der Waals surface area contributed by atoms with E-state index in [-0.39, 0.29) is 22.7 Å². The third-order valence-electron chi connectivity index (χ3n) is 3.63. The first-order valence-corrected chi connectivity index (χ1v) is 9.83. The molecule has 2 aromatic carbocycles. The van der Waals surface area contributed by atoms with Gasteiger partial charge in [0.05, 0.1) is 16.6 Å². The SMILES string of the molecule is CC(SCc1csc(-c2ccc(F)cc2)n1)C(=O)Nc1ccccc1F. The van der Waals surface area contributed by atoms with Crippen LogP contribution in [0, 0.1) is 11.6 Å². The van der Waals surface area contributed by atoms with Gasteiger partial charge in [-0.1, -0.05) is 12.1 Å². The molecule has 26 heavy (non-hydrogen) atoms. The quantitative estimate of drug-likeness (QED) is 0.617. The van der Waals surface area contributed by atoms with Crippen LogP contribution in [0.2, 0.25) is 0 Å². The maximum Gasteiger partial charge on any atom is 0.237 e. The second kappa shape index (κ2) is 8.42. The predicted octanol–water partition coefficient (Wildman–Crippen LogP) is 5.35. The lowest BCUT2D eigenvalue weighted by atomic mass is 10.2. The number of para-hydroxylation sites is 1. The fourth-order valence-electron chi connectivity index (χ4n) is 2.18. The molecule has 0 bridgehead atoms. The summed E-state index contributed by atoms with van der Waals surface area (Å²) in [6, 6.07) is 12.3. The summed E-state index contributed by atoms with van der Waals surface area (Å²) in [7, 11) is 0. The Labute approximate surface area is 158 Å². The van der Waals surface area contributed by atoms with Crippen molar-refractivity contribution in [1.29, 1.82) is 0 Å². The number of anilines is 1. The Morgan fingerprint density at radius 1 is 1.19 bits per heavy atom. The number of halogens is 2. The van der Waals surface area contributed by atoms with E-state index in [1.807, 2.05) is 5.38 Å². The number of aromatic nitrogens is 1. The zero-order valence-electron chi connectivity index (χ0n) is 13.9. The molecule has 3 rings (SSSR count). The minimum Gasteiger partial charge on any atom is -0.323 e. The van der Waals surface area contributed by atoms with Gasteiger partial charge in [-0.05, 0) is 43.3 Å². The predicted molar refractivity (Wildman–Crippen MR) is 103 cm³/mol. The third kappa shape index (κ3) is 4.68. The molecule has 0 radical (unpaired) electrons. The molecule has 134 valence electrons. The van der Waals surface area contributed by atoms with Crippen molar-refractivity contribution in [3.05, 3.63) is 71.2 Å². The van der Waals surface area contributed by atoms with Crippen LogP contribution < -0.4 is 5.32 Å². The molecule has 0 saturated heterocycles. The lowest BCUT2D eigenvalue weighted by Gasteiger charge is -2.11. The lowest BCUT2D eigenvalue weighted by Crippen LogP contribution is -2.23. The number of hydrogen-bond donors (Lipinski definition) is 1. The van der Waals surface area contributed by atoms with E-state index in [1.54, 1.807) is 31.2 Å². The zero-order chi connectivity index (χ0) is 18.5. The smallest absolute Gasteiger partial charge is 0.237 e. The van der Waals surface area contributed by atoms with Gasteiger partial charge in [0.2, 0.25) is 5.91 Å². The first-order chi connectivity index (χ1) is 12.5. The molecule has 7 heteroatoms. The highest BCUT2D eigenvalue weighted by Gasteiger charge is 2.16. The number of hydrogen-bond acceptors (Lipinski definition) is 4. The van der Waals surface area contributed by atoms with Gasteiger partial charge in [0.15, 0.2) is 0 Å². The fourth-order valence-corrected chi connectivity index (χ4v) is 3.89. The zero-order valence-corrected chi connectivity index (χ0v) is 15.5. The van der Waals surface area contributed by atoms with E-state index in [2.05, 4.69) is 10.3 Å². The number of carbonyl (C=O) groups excluding carboxylic acids is 1. The molecular formula is C19H16F2N2OS2. The standard InChI is InChI=1S/C19H16F2N2OS2/c1-12(18(24)23-17-5-3-2-4-16(17)21)25-10-15-11-26-19(22-15)13-6-8-14(20)9-7-13/h2-9,11-12H,10H2,1H3,(H,23,24). The van der Waals surface area contributed by atoms with Crippen LogP contribution in [0.25, 0.3) is 10.6 Å². The Balaban J connectivity index is 1.56. The highest BCUT2D eigenvalue weighted by Crippen LogP contribution is 2.27. The van der Waals surface area contributed by atoms with Crippen LogP contribution in [0.15, 0.2) is 53.9 Å².